The van der Waals surface area contributed by atoms with E-state index in [1.165, 1.54) is 7.11 Å². The zero-order chi connectivity index (χ0) is 9.84. The first-order valence-electron chi connectivity index (χ1n) is 4.26. The number of hydrogen-bond donors (Lipinski definition) is 1. The van der Waals surface area contributed by atoms with E-state index in [1.807, 2.05) is 0 Å². The standard InChI is InChI=1S/C8H13F2NO2/c1-13-6-4-2-3-5(6)11-8(12)7(9)10/h5-7H,2-4H2,1H3,(H,11,12). The summed E-state index contributed by atoms with van der Waals surface area (Å²) in [6.07, 6.45) is -0.588. The molecule has 0 spiro atoms. The number of alkyl halides is 2. The van der Waals surface area contributed by atoms with Gasteiger partial charge >= 0.3 is 6.43 Å². The Hall–Kier alpha value is -0.710. The predicted octanol–water partition coefficient (Wildman–Crippen LogP) is 0.935. The normalized spacial score (nSPS) is 28.0. The molecule has 0 heterocycles. The fraction of sp³-hybridized carbons (Fsp3) is 0.875. The van der Waals surface area contributed by atoms with E-state index in [0.29, 0.717) is 0 Å². The third kappa shape index (κ3) is 2.62. The van der Waals surface area contributed by atoms with Gasteiger partial charge in [-0.25, -0.2) is 0 Å². The maximum atomic E-state index is 11.9. The number of carbonyl (C=O) groups is 1. The van der Waals surface area contributed by atoms with E-state index in [9.17, 15) is 13.6 Å². The highest BCUT2D eigenvalue weighted by atomic mass is 19.3. The van der Waals surface area contributed by atoms with E-state index in [0.717, 1.165) is 19.3 Å². The third-order valence-corrected chi connectivity index (χ3v) is 2.28. The maximum Gasteiger partial charge on any atom is 0.315 e. The molecule has 0 saturated heterocycles. The van der Waals surface area contributed by atoms with Crippen LogP contribution in [0.3, 0.4) is 0 Å². The third-order valence-electron chi connectivity index (χ3n) is 2.28. The first-order chi connectivity index (χ1) is 6.15. The van der Waals surface area contributed by atoms with E-state index in [4.69, 9.17) is 4.74 Å². The Labute approximate surface area is 75.4 Å². The summed E-state index contributed by atoms with van der Waals surface area (Å²) in [5.41, 5.74) is 0. The molecule has 1 saturated carbocycles. The Kier molecular flexibility index (Phi) is 3.59. The van der Waals surface area contributed by atoms with Gasteiger partial charge in [0.15, 0.2) is 0 Å². The topological polar surface area (TPSA) is 38.3 Å². The van der Waals surface area contributed by atoms with E-state index < -0.39 is 12.3 Å². The molecule has 13 heavy (non-hydrogen) atoms. The molecule has 1 fully saturated rings. The average Bonchev–Trinajstić information content (AvgIpc) is 2.51. The van der Waals surface area contributed by atoms with Gasteiger partial charge in [0.05, 0.1) is 12.1 Å². The molecule has 0 radical (unpaired) electrons. The van der Waals surface area contributed by atoms with Crippen molar-refractivity contribution < 1.29 is 18.3 Å². The lowest BCUT2D eigenvalue weighted by Gasteiger charge is -2.19. The van der Waals surface area contributed by atoms with Crippen LogP contribution >= 0.6 is 0 Å². The summed E-state index contributed by atoms with van der Waals surface area (Å²) in [5, 5.41) is 2.27. The highest BCUT2D eigenvalue weighted by Crippen LogP contribution is 2.21. The molecule has 1 aliphatic rings. The number of hydrogen-bond acceptors (Lipinski definition) is 2. The molecule has 0 aromatic carbocycles. The van der Waals surface area contributed by atoms with Crippen LogP contribution < -0.4 is 5.32 Å². The molecule has 1 aliphatic carbocycles. The molecule has 76 valence electrons. The fourth-order valence-corrected chi connectivity index (χ4v) is 1.62. The van der Waals surface area contributed by atoms with Gasteiger partial charge in [0, 0.05) is 7.11 Å². The Bertz CT molecular complexity index is 187. The molecule has 0 aromatic rings. The molecule has 2 atom stereocenters. The second-order valence-corrected chi connectivity index (χ2v) is 3.12. The first-order valence-corrected chi connectivity index (χ1v) is 4.26. The molecular formula is C8H13F2NO2. The zero-order valence-electron chi connectivity index (χ0n) is 7.43. The van der Waals surface area contributed by atoms with Crippen molar-refractivity contribution in [1.29, 1.82) is 0 Å². The van der Waals surface area contributed by atoms with Gasteiger partial charge in [0.1, 0.15) is 0 Å². The van der Waals surface area contributed by atoms with Crippen molar-refractivity contribution in [2.24, 2.45) is 0 Å². The molecule has 1 amide bonds. The van der Waals surface area contributed by atoms with Crippen molar-refractivity contribution in [3.8, 4) is 0 Å². The summed E-state index contributed by atoms with van der Waals surface area (Å²) in [7, 11) is 1.53. The molecule has 5 heteroatoms. The average molecular weight is 193 g/mol. The number of halogens is 2. The summed E-state index contributed by atoms with van der Waals surface area (Å²) < 4.78 is 28.8. The molecule has 0 aliphatic heterocycles. The smallest absolute Gasteiger partial charge is 0.315 e. The van der Waals surface area contributed by atoms with Gasteiger partial charge in [0.2, 0.25) is 0 Å². The van der Waals surface area contributed by atoms with Gasteiger partial charge < -0.3 is 10.1 Å². The number of amides is 1. The Morgan fingerprint density at radius 3 is 2.77 bits per heavy atom. The monoisotopic (exact) mass is 193 g/mol. The largest absolute Gasteiger partial charge is 0.379 e. The van der Waals surface area contributed by atoms with Gasteiger partial charge in [-0.3, -0.25) is 4.79 Å². The summed E-state index contributed by atoms with van der Waals surface area (Å²) in [5.74, 6) is -1.20. The van der Waals surface area contributed by atoms with E-state index in [2.05, 4.69) is 5.32 Å². The minimum Gasteiger partial charge on any atom is -0.379 e. The lowest BCUT2D eigenvalue weighted by Crippen LogP contribution is -2.43. The van der Waals surface area contributed by atoms with Crippen LogP contribution in [0.4, 0.5) is 8.78 Å². The van der Waals surface area contributed by atoms with Crippen molar-refractivity contribution in [1.82, 2.24) is 5.32 Å². The number of ether oxygens (including phenoxy) is 1. The summed E-state index contributed by atoms with van der Waals surface area (Å²) in [6.45, 7) is 0. The van der Waals surface area contributed by atoms with Crippen LogP contribution in [-0.2, 0) is 9.53 Å². The van der Waals surface area contributed by atoms with E-state index in [-0.39, 0.29) is 12.1 Å². The molecule has 0 bridgehead atoms. The van der Waals surface area contributed by atoms with E-state index in [1.54, 1.807) is 0 Å². The minimum absolute atomic E-state index is 0.109. The molecule has 0 aromatic heterocycles. The van der Waals surface area contributed by atoms with Gasteiger partial charge in [-0.15, -0.1) is 0 Å². The van der Waals surface area contributed by atoms with Crippen molar-refractivity contribution in [3.63, 3.8) is 0 Å². The second-order valence-electron chi connectivity index (χ2n) is 3.12. The molecule has 1 N–H and O–H groups in total. The lowest BCUT2D eigenvalue weighted by molar-refractivity contribution is -0.133. The van der Waals surface area contributed by atoms with E-state index >= 15 is 0 Å². The lowest BCUT2D eigenvalue weighted by atomic mass is 10.2. The van der Waals surface area contributed by atoms with Crippen molar-refractivity contribution in [3.05, 3.63) is 0 Å². The van der Waals surface area contributed by atoms with Crippen LogP contribution in [0.2, 0.25) is 0 Å². The first kappa shape index (κ1) is 10.4. The van der Waals surface area contributed by atoms with Crippen molar-refractivity contribution in [2.45, 2.75) is 37.8 Å². The van der Waals surface area contributed by atoms with Crippen LogP contribution in [0, 0.1) is 0 Å². The fourth-order valence-electron chi connectivity index (χ4n) is 1.62. The highest BCUT2D eigenvalue weighted by molar-refractivity contribution is 5.79. The van der Waals surface area contributed by atoms with Gasteiger partial charge in [0.25, 0.3) is 5.91 Å². The zero-order valence-corrected chi connectivity index (χ0v) is 7.43. The Morgan fingerprint density at radius 2 is 2.23 bits per heavy atom. The predicted molar refractivity (Wildman–Crippen MR) is 42.6 cm³/mol. The van der Waals surface area contributed by atoms with Crippen LogP contribution in [0.15, 0.2) is 0 Å². The number of carbonyl (C=O) groups excluding carboxylic acids is 1. The minimum atomic E-state index is -2.93. The number of methoxy groups -OCH3 is 1. The second kappa shape index (κ2) is 4.50. The number of rotatable bonds is 3. The SMILES string of the molecule is COC1CCCC1NC(=O)C(F)F. The van der Waals surface area contributed by atoms with Crippen molar-refractivity contribution >= 4 is 5.91 Å². The molecular weight excluding hydrogens is 180 g/mol. The van der Waals surface area contributed by atoms with Crippen molar-refractivity contribution in [2.75, 3.05) is 7.11 Å². The van der Waals surface area contributed by atoms with Crippen LogP contribution in [-0.4, -0.2) is 31.6 Å². The van der Waals surface area contributed by atoms with Gasteiger partial charge in [-0.1, -0.05) is 0 Å². The Balaban J connectivity index is 2.39. The van der Waals surface area contributed by atoms with Crippen LogP contribution in [0.5, 0.6) is 0 Å². The Morgan fingerprint density at radius 1 is 1.54 bits per heavy atom. The summed E-state index contributed by atoms with van der Waals surface area (Å²) in [4.78, 5) is 10.6. The van der Waals surface area contributed by atoms with Gasteiger partial charge in [-0.2, -0.15) is 8.78 Å². The molecule has 3 nitrogen and oxygen atoms in total. The van der Waals surface area contributed by atoms with Crippen LogP contribution in [0.1, 0.15) is 19.3 Å². The quantitative estimate of drug-likeness (QED) is 0.724. The maximum absolute atomic E-state index is 11.9. The summed E-state index contributed by atoms with van der Waals surface area (Å²) in [6, 6.07) is -0.244. The summed E-state index contributed by atoms with van der Waals surface area (Å²) >= 11 is 0. The van der Waals surface area contributed by atoms with Crippen LogP contribution in [0.25, 0.3) is 0 Å². The van der Waals surface area contributed by atoms with Gasteiger partial charge in [-0.05, 0) is 19.3 Å². The number of nitrogens with one attached hydrogen (secondary N) is 1. The molecule has 2 unspecified atom stereocenters. The highest BCUT2D eigenvalue weighted by Gasteiger charge is 2.30. The molecule has 1 rings (SSSR count).